The number of aromatic hydroxyl groups is 1. The van der Waals surface area contributed by atoms with E-state index in [1.54, 1.807) is 6.07 Å². The van der Waals surface area contributed by atoms with Crippen LogP contribution in [0.1, 0.15) is 86.9 Å². The summed E-state index contributed by atoms with van der Waals surface area (Å²) in [6.45, 7) is 9.21. The van der Waals surface area contributed by atoms with Gasteiger partial charge in [-0.2, -0.15) is 0 Å². The molecule has 9 nitrogen and oxygen atoms in total. The van der Waals surface area contributed by atoms with Gasteiger partial charge in [-0.1, -0.05) is 55.1 Å². The minimum Gasteiger partial charge on any atom is -0.508 e. The number of nitrogens with one attached hydrogen (secondary N) is 1. The standard InChI is InChI=1S/C46H48N4O5/c1-29-7-18-42(44(52)47-29)50-45(53)40-16-11-35(27-41(40)46(50)54)49-23-21-48(22-24-49)20-19-32-25-34(32)28-55-37-13-8-31(9-14-37)43-38(30-5-3-2-4-6-30)15-10-33-26-36(51)12-17-39(33)43/h2-6,8-9,11-14,16-17,26-27,32,34,38,42-43,51H,1,7,10,15,18-25,28H2,(H,47,52)/t32-,34+,38+,42?,43-/m0/s1. The molecular formula is C46H48N4O5. The van der Waals surface area contributed by atoms with E-state index in [1.165, 1.54) is 28.7 Å². The van der Waals surface area contributed by atoms with Crippen molar-refractivity contribution in [1.82, 2.24) is 15.1 Å². The van der Waals surface area contributed by atoms with Crippen LogP contribution >= 0.6 is 0 Å². The van der Waals surface area contributed by atoms with E-state index < -0.39 is 17.9 Å². The first-order chi connectivity index (χ1) is 26.8. The SMILES string of the molecule is C=C1CCC(N2C(=O)c3ccc(N4CCN(CC[C@H]5C[C@@H]5COc5ccc([C@@H]6c7ccc(O)cc7CC[C@@H]6c6ccccc6)cc5)CC4)cc3C2=O)C(=O)N1. The number of phenols is 1. The maximum absolute atomic E-state index is 13.4. The molecule has 0 spiro atoms. The first-order valence-corrected chi connectivity index (χ1v) is 19.9. The van der Waals surface area contributed by atoms with Crippen LogP contribution in [0.3, 0.4) is 0 Å². The quantitative estimate of drug-likeness (QED) is 0.172. The maximum Gasteiger partial charge on any atom is 0.262 e. The highest BCUT2D eigenvalue weighted by Gasteiger charge is 2.44. The Balaban J connectivity index is 0.746. The zero-order chi connectivity index (χ0) is 37.6. The predicted octanol–water partition coefficient (Wildman–Crippen LogP) is 6.87. The number of imide groups is 1. The topological polar surface area (TPSA) is 102 Å². The third-order valence-electron chi connectivity index (χ3n) is 12.7. The largest absolute Gasteiger partial charge is 0.508 e. The highest BCUT2D eigenvalue weighted by Crippen LogP contribution is 2.47. The molecule has 1 unspecified atom stereocenters. The van der Waals surface area contributed by atoms with Gasteiger partial charge in [0.2, 0.25) is 5.91 Å². The van der Waals surface area contributed by atoms with E-state index >= 15 is 0 Å². The highest BCUT2D eigenvalue weighted by molar-refractivity contribution is 6.23. The molecule has 9 heteroatoms. The summed E-state index contributed by atoms with van der Waals surface area (Å²) in [5.41, 5.74) is 7.49. The van der Waals surface area contributed by atoms with Gasteiger partial charge in [-0.3, -0.25) is 24.2 Å². The lowest BCUT2D eigenvalue weighted by molar-refractivity contribution is -0.125. The van der Waals surface area contributed by atoms with Gasteiger partial charge >= 0.3 is 0 Å². The summed E-state index contributed by atoms with van der Waals surface area (Å²) in [6, 6.07) is 30.1. The minimum absolute atomic E-state index is 0.225. The predicted molar refractivity (Wildman–Crippen MR) is 212 cm³/mol. The van der Waals surface area contributed by atoms with E-state index in [2.05, 4.69) is 82.4 Å². The fraction of sp³-hybridized carbons (Fsp3) is 0.370. The number of piperidine rings is 1. The molecular weight excluding hydrogens is 689 g/mol. The van der Waals surface area contributed by atoms with Crippen molar-refractivity contribution in [3.63, 3.8) is 0 Å². The van der Waals surface area contributed by atoms with Crippen LogP contribution in [0.5, 0.6) is 11.5 Å². The van der Waals surface area contributed by atoms with Crippen molar-refractivity contribution >= 4 is 23.4 Å². The van der Waals surface area contributed by atoms with Crippen LogP contribution in [-0.2, 0) is 11.2 Å². The Bertz CT molecular complexity index is 2130. The van der Waals surface area contributed by atoms with Gasteiger partial charge in [-0.05, 0) is 128 Å². The van der Waals surface area contributed by atoms with Crippen molar-refractivity contribution in [2.75, 3.05) is 44.2 Å². The van der Waals surface area contributed by atoms with Crippen molar-refractivity contribution in [3.8, 4) is 11.5 Å². The molecule has 1 saturated carbocycles. The smallest absolute Gasteiger partial charge is 0.262 e. The Morgan fingerprint density at radius 3 is 2.35 bits per heavy atom. The number of allylic oxidation sites excluding steroid dienone is 1. The summed E-state index contributed by atoms with van der Waals surface area (Å²) < 4.78 is 6.33. The minimum atomic E-state index is -0.800. The number of amides is 3. The molecule has 5 atom stereocenters. The molecule has 9 rings (SSSR count). The number of aryl methyl sites for hydroxylation is 1. The molecule has 0 bridgehead atoms. The van der Waals surface area contributed by atoms with Gasteiger partial charge in [0.1, 0.15) is 17.5 Å². The van der Waals surface area contributed by atoms with Crippen molar-refractivity contribution in [3.05, 3.63) is 137 Å². The van der Waals surface area contributed by atoms with Crippen molar-refractivity contribution < 1.29 is 24.2 Å². The van der Waals surface area contributed by atoms with Gasteiger partial charge < -0.3 is 20.1 Å². The third-order valence-corrected chi connectivity index (χ3v) is 12.7. The Kier molecular flexibility index (Phi) is 9.42. The molecule has 4 aromatic rings. The lowest BCUT2D eigenvalue weighted by atomic mass is 9.69. The normalized spacial score (nSPS) is 25.1. The second-order valence-corrected chi connectivity index (χ2v) is 16.0. The van der Waals surface area contributed by atoms with E-state index in [-0.39, 0.29) is 11.8 Å². The van der Waals surface area contributed by atoms with E-state index in [9.17, 15) is 19.5 Å². The summed E-state index contributed by atoms with van der Waals surface area (Å²) in [7, 11) is 0. The number of hydrogen-bond acceptors (Lipinski definition) is 7. The van der Waals surface area contributed by atoms with E-state index in [1.807, 2.05) is 24.3 Å². The van der Waals surface area contributed by atoms with E-state index in [0.29, 0.717) is 53.2 Å². The molecule has 0 aromatic heterocycles. The summed E-state index contributed by atoms with van der Waals surface area (Å²) in [6.07, 6.45) is 5.32. The molecule has 3 aliphatic heterocycles. The van der Waals surface area contributed by atoms with Crippen LogP contribution in [0.2, 0.25) is 0 Å². The molecule has 2 saturated heterocycles. The Morgan fingerprint density at radius 1 is 0.782 bits per heavy atom. The molecule has 5 aliphatic rings. The maximum atomic E-state index is 13.4. The lowest BCUT2D eigenvalue weighted by Crippen LogP contribution is -2.51. The number of nitrogens with zero attached hydrogens (tertiary/aromatic N) is 3. The van der Waals surface area contributed by atoms with Gasteiger partial charge in [-0.15, -0.1) is 0 Å². The summed E-state index contributed by atoms with van der Waals surface area (Å²) in [5, 5.41) is 12.9. The van der Waals surface area contributed by atoms with Crippen LogP contribution in [0, 0.1) is 11.8 Å². The van der Waals surface area contributed by atoms with Crippen LogP contribution in [0.25, 0.3) is 0 Å². The molecule has 2 N–H and O–H groups in total. The Morgan fingerprint density at radius 2 is 1.56 bits per heavy atom. The first kappa shape index (κ1) is 35.3. The number of anilines is 1. The number of piperazine rings is 1. The fourth-order valence-electron chi connectivity index (χ4n) is 9.43. The average molecular weight is 737 g/mol. The average Bonchev–Trinajstić information content (AvgIpc) is 3.93. The number of carbonyl (C=O) groups excluding carboxylic acids is 3. The van der Waals surface area contributed by atoms with E-state index in [0.717, 1.165) is 74.9 Å². The first-order valence-electron chi connectivity index (χ1n) is 19.9. The molecule has 282 valence electrons. The van der Waals surface area contributed by atoms with Crippen LogP contribution < -0.4 is 15.0 Å². The highest BCUT2D eigenvalue weighted by atomic mass is 16.5. The van der Waals surface area contributed by atoms with Crippen LogP contribution in [-0.4, -0.2) is 78.0 Å². The molecule has 3 amide bonds. The molecule has 3 fully saturated rings. The van der Waals surface area contributed by atoms with Gasteiger partial charge in [0, 0.05) is 43.5 Å². The number of carbonyl (C=O) groups is 3. The number of hydrogen-bond donors (Lipinski definition) is 2. The number of phenolic OH excluding ortho intramolecular Hbond substituents is 1. The lowest BCUT2D eigenvalue weighted by Gasteiger charge is -2.36. The second-order valence-electron chi connectivity index (χ2n) is 16.0. The van der Waals surface area contributed by atoms with Crippen LogP contribution in [0.15, 0.2) is 103 Å². The number of benzene rings is 4. The van der Waals surface area contributed by atoms with Crippen molar-refractivity contribution in [1.29, 1.82) is 0 Å². The molecule has 0 radical (unpaired) electrons. The van der Waals surface area contributed by atoms with Gasteiger partial charge in [0.15, 0.2) is 0 Å². The second kappa shape index (κ2) is 14.7. The Hall–Kier alpha value is -5.41. The van der Waals surface area contributed by atoms with E-state index in [4.69, 9.17) is 4.74 Å². The summed E-state index contributed by atoms with van der Waals surface area (Å²) in [4.78, 5) is 45.0. The van der Waals surface area contributed by atoms with Crippen molar-refractivity contribution in [2.24, 2.45) is 11.8 Å². The number of ether oxygens (including phenoxy) is 1. The van der Waals surface area contributed by atoms with Gasteiger partial charge in [0.05, 0.1) is 17.7 Å². The van der Waals surface area contributed by atoms with Crippen LogP contribution in [0.4, 0.5) is 5.69 Å². The van der Waals surface area contributed by atoms with Gasteiger partial charge in [0.25, 0.3) is 11.8 Å². The molecule has 2 aliphatic carbocycles. The molecule has 4 aromatic carbocycles. The molecule has 55 heavy (non-hydrogen) atoms. The monoisotopic (exact) mass is 736 g/mol. The Labute approximate surface area is 322 Å². The number of fused-ring (bicyclic) bond motifs is 2. The zero-order valence-electron chi connectivity index (χ0n) is 31.2. The fourth-order valence-corrected chi connectivity index (χ4v) is 9.43. The zero-order valence-corrected chi connectivity index (χ0v) is 31.2. The molecule has 3 heterocycles. The third kappa shape index (κ3) is 7.02. The van der Waals surface area contributed by atoms with Gasteiger partial charge in [-0.25, -0.2) is 0 Å². The number of rotatable bonds is 10. The summed E-state index contributed by atoms with van der Waals surface area (Å²) >= 11 is 0. The summed E-state index contributed by atoms with van der Waals surface area (Å²) in [5.74, 6) is 2.00. The van der Waals surface area contributed by atoms with Crippen molar-refractivity contribution in [2.45, 2.75) is 56.4 Å².